The summed E-state index contributed by atoms with van der Waals surface area (Å²) in [4.78, 5) is 36.4. The molecule has 0 aliphatic heterocycles. The molecule has 0 atom stereocenters. The predicted octanol–water partition coefficient (Wildman–Crippen LogP) is 14.9. The van der Waals surface area contributed by atoms with E-state index in [1.165, 1.54) is 70.9 Å². The molecule has 2 aromatic carbocycles. The molecule has 0 radical (unpaired) electrons. The van der Waals surface area contributed by atoms with Crippen LogP contribution in [0.4, 0.5) is 0 Å². The zero-order chi connectivity index (χ0) is 37.3. The van der Waals surface area contributed by atoms with Crippen molar-refractivity contribution in [3.63, 3.8) is 0 Å². The van der Waals surface area contributed by atoms with Crippen LogP contribution in [0.2, 0.25) is 0 Å². The van der Waals surface area contributed by atoms with Crippen molar-refractivity contribution in [1.82, 2.24) is 0 Å². The van der Waals surface area contributed by atoms with Gasteiger partial charge in [0.25, 0.3) is 0 Å². The van der Waals surface area contributed by atoms with Crippen molar-refractivity contribution < 1.29 is 19.1 Å². The van der Waals surface area contributed by atoms with E-state index in [0.29, 0.717) is 47.0 Å². The van der Waals surface area contributed by atoms with Crippen LogP contribution in [0.3, 0.4) is 0 Å². The molecule has 6 aromatic rings. The van der Waals surface area contributed by atoms with Crippen molar-refractivity contribution in [3.8, 4) is 51.9 Å². The zero-order valence-corrected chi connectivity index (χ0v) is 34.5. The maximum absolute atomic E-state index is 14.8. The Hall–Kier alpha value is -3.82. The monoisotopic (exact) mass is 792 g/mol. The summed E-state index contributed by atoms with van der Waals surface area (Å²) in [5, 5.41) is 4.17. The van der Waals surface area contributed by atoms with E-state index in [2.05, 4.69) is 73.1 Å². The summed E-state index contributed by atoms with van der Waals surface area (Å²) in [6.45, 7) is 5.43. The van der Waals surface area contributed by atoms with Crippen molar-refractivity contribution in [3.05, 3.63) is 106 Å². The van der Waals surface area contributed by atoms with Gasteiger partial charge in [0.15, 0.2) is 11.6 Å². The highest BCUT2D eigenvalue weighted by Gasteiger charge is 2.37. The van der Waals surface area contributed by atoms with Crippen LogP contribution in [0.1, 0.15) is 123 Å². The molecule has 0 saturated heterocycles. The summed E-state index contributed by atoms with van der Waals surface area (Å²) in [5.74, 6) is 0.663. The molecule has 0 spiro atoms. The maximum atomic E-state index is 14.8. The fraction of sp³-hybridized carbons (Fsp3) is 0.348. The first-order valence-electron chi connectivity index (χ1n) is 19.6. The summed E-state index contributed by atoms with van der Waals surface area (Å²) < 4.78 is 13.2. The summed E-state index contributed by atoms with van der Waals surface area (Å²) >= 11 is 6.79. The Morgan fingerprint density at radius 2 is 0.815 bits per heavy atom. The number of rotatable bonds is 20. The maximum Gasteiger partial charge on any atom is 0.198 e. The van der Waals surface area contributed by atoms with Gasteiger partial charge >= 0.3 is 0 Å². The molecule has 0 fully saturated rings. The van der Waals surface area contributed by atoms with Crippen LogP contribution < -0.4 is 9.47 Å². The third-order valence-corrected chi connectivity index (χ3v) is 14.4. The van der Waals surface area contributed by atoms with Gasteiger partial charge in [0, 0.05) is 51.5 Å². The van der Waals surface area contributed by atoms with Crippen LogP contribution >= 0.6 is 45.3 Å². The number of unbranched alkanes of at least 4 members (excludes halogenated alkanes) is 10. The highest BCUT2D eigenvalue weighted by Crippen LogP contribution is 2.48. The van der Waals surface area contributed by atoms with E-state index < -0.39 is 0 Å². The first-order valence-corrected chi connectivity index (χ1v) is 22.9. The lowest BCUT2D eigenvalue weighted by Gasteiger charge is -2.25. The van der Waals surface area contributed by atoms with Crippen LogP contribution in [-0.2, 0) is 0 Å². The lowest BCUT2D eigenvalue weighted by atomic mass is 9.81. The SMILES string of the molecule is CCCCCCCCOc1c(-c2ccc(-c3cccs3)s2)ccc2c1C(=O)c1ccc(-c3ccc(-c4cccs4)s3)c(OCCCCCCCC)c1C2=O. The van der Waals surface area contributed by atoms with E-state index in [9.17, 15) is 9.59 Å². The first kappa shape index (κ1) is 38.5. The van der Waals surface area contributed by atoms with Crippen LogP contribution in [0.15, 0.2) is 83.6 Å². The lowest BCUT2D eigenvalue weighted by Crippen LogP contribution is -2.24. The molecule has 0 N–H and O–H groups in total. The highest BCUT2D eigenvalue weighted by molar-refractivity contribution is 7.23. The van der Waals surface area contributed by atoms with Gasteiger partial charge in [-0.05, 0) is 84.3 Å². The molecule has 4 heterocycles. The van der Waals surface area contributed by atoms with E-state index in [1.807, 2.05) is 24.3 Å². The smallest absolute Gasteiger partial charge is 0.198 e. The van der Waals surface area contributed by atoms with E-state index in [4.69, 9.17) is 9.47 Å². The van der Waals surface area contributed by atoms with Gasteiger partial charge in [-0.25, -0.2) is 0 Å². The second-order valence-corrected chi connectivity index (χ2v) is 18.0. The minimum atomic E-state index is -0.184. The normalized spacial score (nSPS) is 12.3. The van der Waals surface area contributed by atoms with Crippen molar-refractivity contribution in [2.24, 2.45) is 0 Å². The Kier molecular flexibility index (Phi) is 13.3. The fourth-order valence-electron chi connectivity index (χ4n) is 7.13. The van der Waals surface area contributed by atoms with Crippen LogP contribution in [0.5, 0.6) is 11.5 Å². The van der Waals surface area contributed by atoms with E-state index in [1.54, 1.807) is 45.3 Å². The first-order chi connectivity index (χ1) is 26.6. The molecule has 0 saturated carbocycles. The van der Waals surface area contributed by atoms with Crippen LogP contribution in [0, 0.1) is 0 Å². The third kappa shape index (κ3) is 8.52. The topological polar surface area (TPSA) is 52.6 Å². The molecule has 0 unspecified atom stereocenters. The second-order valence-electron chi connectivity index (χ2n) is 13.9. The molecule has 54 heavy (non-hydrogen) atoms. The molecule has 0 amide bonds. The van der Waals surface area contributed by atoms with Crippen molar-refractivity contribution in [1.29, 1.82) is 0 Å². The van der Waals surface area contributed by atoms with E-state index in [0.717, 1.165) is 46.6 Å². The van der Waals surface area contributed by atoms with Crippen molar-refractivity contribution in [2.75, 3.05) is 13.2 Å². The number of carbonyl (C=O) groups excluding carboxylic acids is 2. The molecule has 4 nitrogen and oxygen atoms in total. The molecular formula is C46H48O4S4. The largest absolute Gasteiger partial charge is 0.492 e. The Balaban J connectivity index is 1.25. The standard InChI is InChI=1S/C46H48O4S4/c1-3-5-7-9-11-13-27-49-45-31(35-23-25-39(53-35)37-17-15-29-51-37)19-21-33-41(45)43(47)34-22-20-32(36-24-26-40(54-36)38-18-16-30-52-38)46(42(34)44(33)48)50-28-14-12-10-8-6-4-2/h15-26,29-30H,3-14,27-28H2,1-2H3. The molecule has 8 heteroatoms. The summed E-state index contributed by atoms with van der Waals surface area (Å²) in [7, 11) is 0. The van der Waals surface area contributed by atoms with Gasteiger partial charge in [0.2, 0.25) is 0 Å². The molecule has 1 aliphatic carbocycles. The predicted molar refractivity (Wildman–Crippen MR) is 231 cm³/mol. The minimum Gasteiger partial charge on any atom is -0.492 e. The van der Waals surface area contributed by atoms with Gasteiger partial charge < -0.3 is 9.47 Å². The van der Waals surface area contributed by atoms with E-state index >= 15 is 0 Å². The average molecular weight is 793 g/mol. The Morgan fingerprint density at radius 1 is 0.426 bits per heavy atom. The Labute approximate surface area is 335 Å². The minimum absolute atomic E-state index is 0.184. The molecule has 280 valence electrons. The number of thiophene rings is 4. The van der Waals surface area contributed by atoms with E-state index in [-0.39, 0.29) is 11.6 Å². The summed E-state index contributed by atoms with van der Waals surface area (Å²) in [5.41, 5.74) is 3.22. The Morgan fingerprint density at radius 3 is 1.22 bits per heavy atom. The van der Waals surface area contributed by atoms with Gasteiger partial charge in [-0.15, -0.1) is 45.3 Å². The van der Waals surface area contributed by atoms with Crippen LogP contribution in [0.25, 0.3) is 40.4 Å². The second kappa shape index (κ2) is 18.7. The molecule has 1 aliphatic rings. The number of carbonyl (C=O) groups is 2. The number of hydrogen-bond donors (Lipinski definition) is 0. The van der Waals surface area contributed by atoms with Crippen molar-refractivity contribution in [2.45, 2.75) is 90.9 Å². The van der Waals surface area contributed by atoms with Gasteiger partial charge in [-0.1, -0.05) is 90.2 Å². The van der Waals surface area contributed by atoms with Gasteiger partial charge in [0.05, 0.1) is 24.3 Å². The molecule has 0 bridgehead atoms. The zero-order valence-electron chi connectivity index (χ0n) is 31.2. The average Bonchev–Trinajstić information content (AvgIpc) is 4.04. The highest BCUT2D eigenvalue weighted by atomic mass is 32.1. The third-order valence-electron chi connectivity index (χ3n) is 10.0. The number of hydrogen-bond acceptors (Lipinski definition) is 8. The quantitative estimate of drug-likeness (QED) is 0.0722. The van der Waals surface area contributed by atoms with Gasteiger partial charge in [-0.2, -0.15) is 0 Å². The number of ether oxygens (including phenoxy) is 2. The van der Waals surface area contributed by atoms with Crippen LogP contribution in [-0.4, -0.2) is 24.8 Å². The fourth-order valence-corrected chi connectivity index (χ4v) is 10.9. The Bertz CT molecular complexity index is 2000. The van der Waals surface area contributed by atoms with Crippen molar-refractivity contribution >= 4 is 56.9 Å². The molecule has 7 rings (SSSR count). The summed E-state index contributed by atoms with van der Waals surface area (Å²) in [6.07, 6.45) is 13.6. The molecule has 4 aromatic heterocycles. The number of benzene rings is 2. The number of fused-ring (bicyclic) bond motifs is 2. The number of ketones is 2. The molecular weight excluding hydrogens is 745 g/mol. The van der Waals surface area contributed by atoms with Gasteiger partial charge in [-0.3, -0.25) is 9.59 Å². The summed E-state index contributed by atoms with van der Waals surface area (Å²) in [6, 6.07) is 24.5. The van der Waals surface area contributed by atoms with Gasteiger partial charge in [0.1, 0.15) is 11.5 Å². The lowest BCUT2D eigenvalue weighted by molar-refractivity contribution is 0.0972.